The lowest BCUT2D eigenvalue weighted by atomic mass is 10.0. The van der Waals surface area contributed by atoms with Crippen LogP contribution in [-0.2, 0) is 0 Å². The number of carbonyl (C=O) groups excluding carboxylic acids is 1. The Morgan fingerprint density at radius 1 is 1.12 bits per heavy atom. The molecule has 1 nitrogen and oxygen atoms in total. The molecule has 2 rings (SSSR count). The Balaban J connectivity index is 2.40. The molecule has 0 N–H and O–H groups in total. The first kappa shape index (κ1) is 11.8. The van der Waals surface area contributed by atoms with Crippen LogP contribution in [0.4, 0.5) is 4.39 Å². The van der Waals surface area contributed by atoms with Gasteiger partial charge in [0.25, 0.3) is 0 Å². The third kappa shape index (κ3) is 2.53. The first-order chi connectivity index (χ1) is 8.08. The van der Waals surface area contributed by atoms with Crippen molar-refractivity contribution >= 4 is 17.4 Å². The first-order valence-corrected chi connectivity index (χ1v) is 5.52. The van der Waals surface area contributed by atoms with Crippen LogP contribution in [0.5, 0.6) is 0 Å². The van der Waals surface area contributed by atoms with Crippen LogP contribution in [-0.4, -0.2) is 5.78 Å². The molecule has 0 fully saturated rings. The Labute approximate surface area is 104 Å². The van der Waals surface area contributed by atoms with Crippen LogP contribution in [0.3, 0.4) is 0 Å². The summed E-state index contributed by atoms with van der Waals surface area (Å²) in [5.41, 5.74) is 1.68. The minimum Gasteiger partial charge on any atom is -0.289 e. The number of ketones is 1. The van der Waals surface area contributed by atoms with E-state index in [-0.39, 0.29) is 5.78 Å². The summed E-state index contributed by atoms with van der Waals surface area (Å²) in [5.74, 6) is -0.620. The van der Waals surface area contributed by atoms with Gasteiger partial charge in [0.1, 0.15) is 5.82 Å². The number of rotatable bonds is 2. The van der Waals surface area contributed by atoms with Gasteiger partial charge in [0.15, 0.2) is 5.78 Å². The Bertz CT molecular complexity index is 578. The van der Waals surface area contributed by atoms with Crippen molar-refractivity contribution in [2.45, 2.75) is 6.92 Å². The Hall–Kier alpha value is -1.67. The van der Waals surface area contributed by atoms with Crippen molar-refractivity contribution in [2.75, 3.05) is 0 Å². The van der Waals surface area contributed by atoms with Gasteiger partial charge in [-0.1, -0.05) is 23.7 Å². The van der Waals surface area contributed by atoms with Gasteiger partial charge in [0.05, 0.1) is 0 Å². The van der Waals surface area contributed by atoms with Crippen molar-refractivity contribution in [2.24, 2.45) is 0 Å². The minimum atomic E-state index is -0.415. The first-order valence-electron chi connectivity index (χ1n) is 5.14. The van der Waals surface area contributed by atoms with Crippen molar-refractivity contribution < 1.29 is 9.18 Å². The summed E-state index contributed by atoms with van der Waals surface area (Å²) in [6.45, 7) is 1.82. The van der Waals surface area contributed by atoms with Gasteiger partial charge in [-0.25, -0.2) is 4.39 Å². The zero-order valence-electron chi connectivity index (χ0n) is 9.21. The number of carbonyl (C=O) groups is 1. The number of hydrogen-bond donors (Lipinski definition) is 0. The maximum absolute atomic E-state index is 13.0. The number of halogens is 2. The van der Waals surface area contributed by atoms with Crippen LogP contribution >= 0.6 is 11.6 Å². The van der Waals surface area contributed by atoms with Gasteiger partial charge < -0.3 is 0 Å². The SMILES string of the molecule is Cc1cc(C(=O)c2cccc(F)c2)ccc1Cl. The fourth-order valence-corrected chi connectivity index (χ4v) is 1.70. The lowest BCUT2D eigenvalue weighted by Gasteiger charge is -2.04. The quantitative estimate of drug-likeness (QED) is 0.734. The molecule has 86 valence electrons. The molecule has 0 saturated heterocycles. The molecule has 0 unspecified atom stereocenters. The van der Waals surface area contributed by atoms with Gasteiger partial charge >= 0.3 is 0 Å². The molecule has 0 heterocycles. The average Bonchev–Trinajstić information content (AvgIpc) is 2.32. The van der Waals surface area contributed by atoms with Crippen LogP contribution < -0.4 is 0 Å². The summed E-state index contributed by atoms with van der Waals surface area (Å²) in [5, 5.41) is 0.612. The summed E-state index contributed by atoms with van der Waals surface area (Å²) < 4.78 is 13.0. The molecule has 0 spiro atoms. The average molecular weight is 249 g/mol. The molecule has 2 aromatic carbocycles. The zero-order valence-corrected chi connectivity index (χ0v) is 9.96. The summed E-state index contributed by atoms with van der Waals surface area (Å²) in [6.07, 6.45) is 0. The lowest BCUT2D eigenvalue weighted by Crippen LogP contribution is -2.02. The van der Waals surface area contributed by atoms with Crippen LogP contribution in [0.2, 0.25) is 5.02 Å². The second-order valence-electron chi connectivity index (χ2n) is 3.80. The molecule has 2 aromatic rings. The van der Waals surface area contributed by atoms with E-state index < -0.39 is 5.82 Å². The van der Waals surface area contributed by atoms with Crippen molar-refractivity contribution in [1.29, 1.82) is 0 Å². The maximum atomic E-state index is 13.0. The van der Waals surface area contributed by atoms with Crippen molar-refractivity contribution in [1.82, 2.24) is 0 Å². The van der Waals surface area contributed by atoms with Gasteiger partial charge in [-0.05, 0) is 42.8 Å². The summed E-state index contributed by atoms with van der Waals surface area (Å²) in [6, 6.07) is 10.7. The molecule has 17 heavy (non-hydrogen) atoms. The Morgan fingerprint density at radius 3 is 2.47 bits per heavy atom. The number of benzene rings is 2. The van der Waals surface area contributed by atoms with Crippen molar-refractivity contribution in [3.8, 4) is 0 Å². The fraction of sp³-hybridized carbons (Fsp3) is 0.0714. The van der Waals surface area contributed by atoms with E-state index in [1.54, 1.807) is 24.3 Å². The van der Waals surface area contributed by atoms with Gasteiger partial charge in [0, 0.05) is 16.1 Å². The van der Waals surface area contributed by atoms with E-state index in [1.807, 2.05) is 6.92 Å². The predicted molar refractivity (Wildman–Crippen MR) is 66.0 cm³/mol. The summed E-state index contributed by atoms with van der Waals surface area (Å²) in [4.78, 5) is 12.1. The molecule has 0 amide bonds. The smallest absolute Gasteiger partial charge is 0.193 e. The topological polar surface area (TPSA) is 17.1 Å². The van der Waals surface area contributed by atoms with Crippen molar-refractivity contribution in [3.05, 3.63) is 70.0 Å². The van der Waals surface area contributed by atoms with E-state index in [1.165, 1.54) is 18.2 Å². The second-order valence-corrected chi connectivity index (χ2v) is 4.21. The van der Waals surface area contributed by atoms with Crippen LogP contribution in [0.15, 0.2) is 42.5 Å². The molecule has 0 aliphatic carbocycles. The highest BCUT2D eigenvalue weighted by atomic mass is 35.5. The molecule has 0 aliphatic heterocycles. The van der Waals surface area contributed by atoms with Gasteiger partial charge in [-0.15, -0.1) is 0 Å². The number of aryl methyl sites for hydroxylation is 1. The predicted octanol–water partition coefficient (Wildman–Crippen LogP) is 4.02. The normalized spacial score (nSPS) is 10.3. The third-order valence-corrected chi connectivity index (χ3v) is 2.93. The largest absolute Gasteiger partial charge is 0.289 e. The van der Waals surface area contributed by atoms with Crippen LogP contribution in [0.1, 0.15) is 21.5 Å². The molecular formula is C14H10ClFO. The molecular weight excluding hydrogens is 239 g/mol. The standard InChI is InChI=1S/C14H10ClFO/c1-9-7-11(5-6-13(9)15)14(17)10-3-2-4-12(16)8-10/h2-8H,1H3. The Kier molecular flexibility index (Phi) is 3.25. The highest BCUT2D eigenvalue weighted by Gasteiger charge is 2.10. The second kappa shape index (κ2) is 4.68. The molecule has 0 saturated carbocycles. The zero-order chi connectivity index (χ0) is 12.4. The van der Waals surface area contributed by atoms with Crippen LogP contribution in [0, 0.1) is 12.7 Å². The van der Waals surface area contributed by atoms with Gasteiger partial charge in [0.2, 0.25) is 0 Å². The third-order valence-electron chi connectivity index (χ3n) is 2.51. The van der Waals surface area contributed by atoms with Gasteiger partial charge in [-0.3, -0.25) is 4.79 Å². The fourth-order valence-electron chi connectivity index (χ4n) is 1.58. The van der Waals surface area contributed by atoms with Crippen LogP contribution in [0.25, 0.3) is 0 Å². The van der Waals surface area contributed by atoms with E-state index in [0.717, 1.165) is 5.56 Å². The van der Waals surface area contributed by atoms with E-state index in [0.29, 0.717) is 16.1 Å². The molecule has 0 atom stereocenters. The van der Waals surface area contributed by atoms with E-state index in [4.69, 9.17) is 11.6 Å². The highest BCUT2D eigenvalue weighted by molar-refractivity contribution is 6.31. The number of hydrogen-bond acceptors (Lipinski definition) is 1. The maximum Gasteiger partial charge on any atom is 0.193 e. The minimum absolute atomic E-state index is 0.204. The summed E-state index contributed by atoms with van der Waals surface area (Å²) >= 11 is 5.89. The lowest BCUT2D eigenvalue weighted by molar-refractivity contribution is 0.103. The molecule has 0 aromatic heterocycles. The molecule has 0 aliphatic rings. The molecule has 0 bridgehead atoms. The molecule has 3 heteroatoms. The monoisotopic (exact) mass is 248 g/mol. The summed E-state index contributed by atoms with van der Waals surface area (Å²) in [7, 11) is 0. The Morgan fingerprint density at radius 2 is 1.82 bits per heavy atom. The van der Waals surface area contributed by atoms with Gasteiger partial charge in [-0.2, -0.15) is 0 Å². The van der Waals surface area contributed by atoms with E-state index >= 15 is 0 Å². The molecule has 0 radical (unpaired) electrons. The van der Waals surface area contributed by atoms with E-state index in [2.05, 4.69) is 0 Å². The highest BCUT2D eigenvalue weighted by Crippen LogP contribution is 2.18. The van der Waals surface area contributed by atoms with E-state index in [9.17, 15) is 9.18 Å². The van der Waals surface area contributed by atoms with Crippen molar-refractivity contribution in [3.63, 3.8) is 0 Å².